The molecular weight excluding hydrogens is 242 g/mol. The minimum absolute atomic E-state index is 0.0377. The Hall–Kier alpha value is -1.10. The van der Waals surface area contributed by atoms with Gasteiger partial charge in [0.25, 0.3) is 0 Å². The normalized spacial score (nSPS) is 13.1. The molecule has 0 heterocycles. The first-order chi connectivity index (χ1) is 8.77. The molecule has 0 aromatic carbocycles. The van der Waals surface area contributed by atoms with E-state index in [2.05, 4.69) is 26.1 Å². The van der Waals surface area contributed by atoms with Crippen LogP contribution in [0.25, 0.3) is 0 Å². The number of carbonyl (C=O) groups excluding carboxylic acids is 2. The quantitative estimate of drug-likeness (QED) is 0.549. The zero-order chi connectivity index (χ0) is 14.9. The Morgan fingerprint density at radius 2 is 1.79 bits per heavy atom. The molecule has 0 radical (unpaired) electrons. The molecule has 0 saturated heterocycles. The van der Waals surface area contributed by atoms with Crippen molar-refractivity contribution in [2.75, 3.05) is 13.1 Å². The van der Waals surface area contributed by atoms with Crippen LogP contribution >= 0.6 is 0 Å². The second-order valence-electron chi connectivity index (χ2n) is 6.10. The lowest BCUT2D eigenvalue weighted by atomic mass is 9.76. The van der Waals surface area contributed by atoms with Gasteiger partial charge in [0.15, 0.2) is 0 Å². The summed E-state index contributed by atoms with van der Waals surface area (Å²) < 4.78 is 0. The fourth-order valence-corrected chi connectivity index (χ4v) is 2.10. The highest BCUT2D eigenvalue weighted by Crippen LogP contribution is 2.31. The first-order valence-corrected chi connectivity index (χ1v) is 7.02. The average molecular weight is 271 g/mol. The van der Waals surface area contributed by atoms with E-state index in [0.29, 0.717) is 38.3 Å². The largest absolute Gasteiger partial charge is 0.370 e. The maximum atomic E-state index is 11.7. The third-order valence-corrected chi connectivity index (χ3v) is 3.38. The van der Waals surface area contributed by atoms with E-state index in [1.165, 1.54) is 0 Å². The first kappa shape index (κ1) is 17.9. The highest BCUT2D eigenvalue weighted by molar-refractivity contribution is 5.76. The van der Waals surface area contributed by atoms with E-state index in [1.807, 2.05) is 0 Å². The maximum absolute atomic E-state index is 11.7. The van der Waals surface area contributed by atoms with Crippen molar-refractivity contribution in [2.45, 2.75) is 52.9 Å². The van der Waals surface area contributed by atoms with Gasteiger partial charge < -0.3 is 16.8 Å². The van der Waals surface area contributed by atoms with Gasteiger partial charge in [0.2, 0.25) is 11.8 Å². The molecule has 0 rings (SSSR count). The second-order valence-corrected chi connectivity index (χ2v) is 6.10. The number of hydrogen-bond acceptors (Lipinski definition) is 3. The molecule has 112 valence electrons. The summed E-state index contributed by atoms with van der Waals surface area (Å²) in [5.74, 6) is 0.162. The third-order valence-electron chi connectivity index (χ3n) is 3.38. The topological polar surface area (TPSA) is 98.2 Å². The van der Waals surface area contributed by atoms with E-state index in [9.17, 15) is 9.59 Å². The SMILES string of the molecule is CC(C)(C)C(CCN)CCC(=O)NCCCC(N)=O. The van der Waals surface area contributed by atoms with Crippen LogP contribution < -0.4 is 16.8 Å². The van der Waals surface area contributed by atoms with Crippen molar-refractivity contribution >= 4 is 11.8 Å². The average Bonchev–Trinajstić information content (AvgIpc) is 2.28. The molecule has 0 bridgehead atoms. The molecular formula is C14H29N3O2. The lowest BCUT2D eigenvalue weighted by Gasteiger charge is -2.30. The number of carbonyl (C=O) groups is 2. The molecule has 2 amide bonds. The minimum Gasteiger partial charge on any atom is -0.370 e. The minimum atomic E-state index is -0.329. The van der Waals surface area contributed by atoms with Gasteiger partial charge in [-0.3, -0.25) is 9.59 Å². The van der Waals surface area contributed by atoms with Gasteiger partial charge in [-0.05, 0) is 37.1 Å². The molecule has 0 saturated carbocycles. The lowest BCUT2D eigenvalue weighted by molar-refractivity contribution is -0.122. The van der Waals surface area contributed by atoms with E-state index < -0.39 is 0 Å². The molecule has 0 fully saturated rings. The summed E-state index contributed by atoms with van der Waals surface area (Å²) in [6.07, 6.45) is 3.23. The summed E-state index contributed by atoms with van der Waals surface area (Å²) in [7, 11) is 0. The Labute approximate surface area is 116 Å². The molecule has 0 aliphatic rings. The molecule has 1 atom stereocenters. The standard InChI is InChI=1S/C14H29N3O2/c1-14(2,3)11(8-9-15)6-7-13(19)17-10-4-5-12(16)18/h11H,4-10,15H2,1-3H3,(H2,16,18)(H,17,19). The van der Waals surface area contributed by atoms with Crippen LogP contribution in [0.2, 0.25) is 0 Å². The van der Waals surface area contributed by atoms with Crippen molar-refractivity contribution in [3.8, 4) is 0 Å². The van der Waals surface area contributed by atoms with Gasteiger partial charge in [-0.25, -0.2) is 0 Å². The molecule has 0 spiro atoms. The van der Waals surface area contributed by atoms with Crippen LogP contribution in [-0.4, -0.2) is 24.9 Å². The summed E-state index contributed by atoms with van der Waals surface area (Å²) in [6.45, 7) is 7.70. The lowest BCUT2D eigenvalue weighted by Crippen LogP contribution is -2.28. The van der Waals surface area contributed by atoms with Crippen LogP contribution in [0.4, 0.5) is 0 Å². The fourth-order valence-electron chi connectivity index (χ4n) is 2.10. The summed E-state index contributed by atoms with van der Waals surface area (Å²) >= 11 is 0. The van der Waals surface area contributed by atoms with Crippen molar-refractivity contribution in [1.82, 2.24) is 5.32 Å². The molecule has 0 aliphatic carbocycles. The van der Waals surface area contributed by atoms with E-state index in [0.717, 1.165) is 12.8 Å². The van der Waals surface area contributed by atoms with E-state index in [4.69, 9.17) is 11.5 Å². The summed E-state index contributed by atoms with van der Waals surface area (Å²) in [6, 6.07) is 0. The smallest absolute Gasteiger partial charge is 0.220 e. The molecule has 5 nitrogen and oxygen atoms in total. The first-order valence-electron chi connectivity index (χ1n) is 7.02. The van der Waals surface area contributed by atoms with Gasteiger partial charge in [-0.1, -0.05) is 20.8 Å². The Bertz CT molecular complexity index is 285. The van der Waals surface area contributed by atoms with Gasteiger partial charge >= 0.3 is 0 Å². The number of hydrogen-bond donors (Lipinski definition) is 3. The Morgan fingerprint density at radius 3 is 2.26 bits per heavy atom. The summed E-state index contributed by atoms with van der Waals surface area (Å²) in [5.41, 5.74) is 10.8. The molecule has 19 heavy (non-hydrogen) atoms. The summed E-state index contributed by atoms with van der Waals surface area (Å²) in [5, 5.41) is 2.81. The van der Waals surface area contributed by atoms with Gasteiger partial charge in [0.05, 0.1) is 0 Å². The number of rotatable bonds is 9. The van der Waals surface area contributed by atoms with Crippen molar-refractivity contribution < 1.29 is 9.59 Å². The number of amides is 2. The highest BCUT2D eigenvalue weighted by Gasteiger charge is 2.24. The van der Waals surface area contributed by atoms with E-state index in [-0.39, 0.29) is 17.2 Å². The fraction of sp³-hybridized carbons (Fsp3) is 0.857. The number of nitrogens with one attached hydrogen (secondary N) is 1. The molecule has 1 unspecified atom stereocenters. The van der Waals surface area contributed by atoms with E-state index in [1.54, 1.807) is 0 Å². The number of nitrogens with two attached hydrogens (primary N) is 2. The molecule has 0 aromatic heterocycles. The maximum Gasteiger partial charge on any atom is 0.220 e. The van der Waals surface area contributed by atoms with Crippen molar-refractivity contribution in [2.24, 2.45) is 22.8 Å². The van der Waals surface area contributed by atoms with Crippen LogP contribution in [0.15, 0.2) is 0 Å². The Kier molecular flexibility index (Phi) is 8.39. The molecule has 0 aliphatic heterocycles. The zero-order valence-electron chi connectivity index (χ0n) is 12.5. The van der Waals surface area contributed by atoms with Crippen LogP contribution in [0, 0.1) is 11.3 Å². The van der Waals surface area contributed by atoms with Gasteiger partial charge in [-0.2, -0.15) is 0 Å². The van der Waals surface area contributed by atoms with E-state index >= 15 is 0 Å². The Morgan fingerprint density at radius 1 is 1.16 bits per heavy atom. The highest BCUT2D eigenvalue weighted by atomic mass is 16.2. The van der Waals surface area contributed by atoms with Gasteiger partial charge in [0.1, 0.15) is 0 Å². The Balaban J connectivity index is 3.89. The van der Waals surface area contributed by atoms with Crippen molar-refractivity contribution in [3.63, 3.8) is 0 Å². The molecule has 5 heteroatoms. The predicted octanol–water partition coefficient (Wildman–Crippen LogP) is 1.16. The van der Waals surface area contributed by atoms with Gasteiger partial charge in [-0.15, -0.1) is 0 Å². The summed E-state index contributed by atoms with van der Waals surface area (Å²) in [4.78, 5) is 22.2. The van der Waals surface area contributed by atoms with Crippen LogP contribution in [0.1, 0.15) is 52.9 Å². The number of primary amides is 1. The molecule has 5 N–H and O–H groups in total. The van der Waals surface area contributed by atoms with Crippen LogP contribution in [-0.2, 0) is 9.59 Å². The zero-order valence-corrected chi connectivity index (χ0v) is 12.5. The van der Waals surface area contributed by atoms with Crippen molar-refractivity contribution in [1.29, 1.82) is 0 Å². The van der Waals surface area contributed by atoms with Gasteiger partial charge in [0, 0.05) is 19.4 Å². The predicted molar refractivity (Wildman–Crippen MR) is 77.3 cm³/mol. The van der Waals surface area contributed by atoms with Crippen molar-refractivity contribution in [3.05, 3.63) is 0 Å². The second kappa shape index (κ2) is 8.91. The third kappa shape index (κ3) is 9.47. The van der Waals surface area contributed by atoms with Crippen LogP contribution in [0.5, 0.6) is 0 Å². The van der Waals surface area contributed by atoms with Crippen LogP contribution in [0.3, 0.4) is 0 Å². The monoisotopic (exact) mass is 271 g/mol. The molecule has 0 aromatic rings.